The standard InChI is InChI=1S/C9H9BrN4/c10-8-2-1-6-4-9(13-14-11)12-5-7(6)3-8/h1-5,9,12H,(H2,11,13). The molecule has 0 radical (unpaired) electrons. The zero-order valence-corrected chi connectivity index (χ0v) is 8.90. The number of nitrogens with two attached hydrogens (primary N) is 1. The van der Waals surface area contributed by atoms with Crippen molar-refractivity contribution in [3.8, 4) is 0 Å². The number of rotatable bonds is 1. The number of benzene rings is 1. The highest BCUT2D eigenvalue weighted by Gasteiger charge is 2.03. The maximum Gasteiger partial charge on any atom is 0.161 e. The van der Waals surface area contributed by atoms with Crippen LogP contribution in [0.2, 0.25) is 0 Å². The Morgan fingerprint density at radius 1 is 1.36 bits per heavy atom. The maximum atomic E-state index is 4.98. The van der Waals surface area contributed by atoms with Gasteiger partial charge in [0.2, 0.25) is 0 Å². The monoisotopic (exact) mass is 252 g/mol. The van der Waals surface area contributed by atoms with Gasteiger partial charge < -0.3 is 11.2 Å². The van der Waals surface area contributed by atoms with Crippen LogP contribution in [0.25, 0.3) is 12.3 Å². The average Bonchev–Trinajstić information content (AvgIpc) is 2.19. The second-order valence-corrected chi connectivity index (χ2v) is 3.84. The summed E-state index contributed by atoms with van der Waals surface area (Å²) in [6, 6.07) is 6.05. The predicted molar refractivity (Wildman–Crippen MR) is 58.3 cm³/mol. The van der Waals surface area contributed by atoms with Crippen LogP contribution in [0.4, 0.5) is 0 Å². The fourth-order valence-electron chi connectivity index (χ4n) is 1.35. The molecule has 0 aliphatic carbocycles. The number of halogens is 1. The molecule has 0 aromatic heterocycles. The fourth-order valence-corrected chi connectivity index (χ4v) is 1.73. The Balaban J connectivity index is 2.51. The molecular weight excluding hydrogens is 244 g/mol. The van der Waals surface area contributed by atoms with Gasteiger partial charge >= 0.3 is 0 Å². The lowest BCUT2D eigenvalue weighted by Gasteiger charge is -2.10. The summed E-state index contributed by atoms with van der Waals surface area (Å²) < 4.78 is 1.06. The quantitative estimate of drug-likeness (QED) is 0.427. The summed E-state index contributed by atoms with van der Waals surface area (Å²) in [6.07, 6.45) is 3.71. The smallest absolute Gasteiger partial charge is 0.161 e. The van der Waals surface area contributed by atoms with Crippen molar-refractivity contribution in [1.82, 2.24) is 5.32 Å². The Morgan fingerprint density at radius 2 is 2.21 bits per heavy atom. The van der Waals surface area contributed by atoms with Crippen LogP contribution < -0.4 is 21.6 Å². The minimum absolute atomic E-state index is 0.159. The summed E-state index contributed by atoms with van der Waals surface area (Å²) in [6.45, 7) is 0. The highest BCUT2D eigenvalue weighted by Crippen LogP contribution is 2.02. The molecule has 0 bridgehead atoms. The van der Waals surface area contributed by atoms with Gasteiger partial charge in [-0.15, -0.1) is 5.11 Å². The van der Waals surface area contributed by atoms with E-state index in [9.17, 15) is 0 Å². The molecule has 1 heterocycles. The first-order chi connectivity index (χ1) is 6.79. The van der Waals surface area contributed by atoms with E-state index in [1.807, 2.05) is 30.5 Å². The Bertz CT molecular complexity index is 480. The van der Waals surface area contributed by atoms with E-state index in [2.05, 4.69) is 31.6 Å². The molecule has 0 fully saturated rings. The van der Waals surface area contributed by atoms with Crippen molar-refractivity contribution in [3.63, 3.8) is 0 Å². The second kappa shape index (κ2) is 3.79. The van der Waals surface area contributed by atoms with Crippen LogP contribution in [-0.4, -0.2) is 6.17 Å². The lowest BCUT2D eigenvalue weighted by atomic mass is 10.2. The SMILES string of the molecule is NN=NC1C=c2ccc(Br)cc2=CN1. The normalized spacial score (nSPS) is 19.4. The number of fused-ring (bicyclic) bond motifs is 1. The van der Waals surface area contributed by atoms with E-state index in [-0.39, 0.29) is 6.17 Å². The topological polar surface area (TPSA) is 62.8 Å². The van der Waals surface area contributed by atoms with E-state index in [0.717, 1.165) is 14.9 Å². The third kappa shape index (κ3) is 1.77. The minimum atomic E-state index is -0.159. The lowest BCUT2D eigenvalue weighted by molar-refractivity contribution is 0.725. The molecule has 1 aliphatic rings. The summed E-state index contributed by atoms with van der Waals surface area (Å²) in [5.74, 6) is 4.98. The molecule has 3 N–H and O–H groups in total. The molecule has 0 saturated carbocycles. The highest BCUT2D eigenvalue weighted by atomic mass is 79.9. The second-order valence-electron chi connectivity index (χ2n) is 2.93. The van der Waals surface area contributed by atoms with Crippen molar-refractivity contribution in [2.24, 2.45) is 16.2 Å². The third-order valence-electron chi connectivity index (χ3n) is 1.99. The summed E-state index contributed by atoms with van der Waals surface area (Å²) in [7, 11) is 0. The van der Waals surface area contributed by atoms with Gasteiger partial charge in [0.05, 0.1) is 0 Å². The summed E-state index contributed by atoms with van der Waals surface area (Å²) in [5.41, 5.74) is 0. The first kappa shape index (κ1) is 9.21. The average molecular weight is 253 g/mol. The largest absolute Gasteiger partial charge is 0.365 e. The Kier molecular flexibility index (Phi) is 2.49. The van der Waals surface area contributed by atoms with Crippen LogP contribution in [-0.2, 0) is 0 Å². The van der Waals surface area contributed by atoms with Crippen LogP contribution in [0, 0.1) is 0 Å². The molecule has 0 amide bonds. The van der Waals surface area contributed by atoms with Crippen LogP contribution in [0.15, 0.2) is 33.0 Å². The zero-order chi connectivity index (χ0) is 9.97. The zero-order valence-electron chi connectivity index (χ0n) is 7.31. The number of nitrogens with one attached hydrogen (secondary N) is 1. The molecule has 0 spiro atoms. The Hall–Kier alpha value is -1.36. The lowest BCUT2D eigenvalue weighted by Crippen LogP contribution is -2.37. The van der Waals surface area contributed by atoms with Crippen LogP contribution in [0.5, 0.6) is 0 Å². The third-order valence-corrected chi connectivity index (χ3v) is 2.48. The fraction of sp³-hybridized carbons (Fsp3) is 0.111. The van der Waals surface area contributed by atoms with Crippen molar-refractivity contribution in [2.75, 3.05) is 0 Å². The molecule has 14 heavy (non-hydrogen) atoms. The van der Waals surface area contributed by atoms with Gasteiger partial charge in [-0.3, -0.25) is 0 Å². The van der Waals surface area contributed by atoms with Crippen molar-refractivity contribution in [3.05, 3.63) is 33.1 Å². The van der Waals surface area contributed by atoms with Crippen molar-refractivity contribution < 1.29 is 0 Å². The Labute approximate surface area is 89.3 Å². The molecule has 1 atom stereocenters. The highest BCUT2D eigenvalue weighted by molar-refractivity contribution is 9.10. The Morgan fingerprint density at radius 3 is 3.00 bits per heavy atom. The van der Waals surface area contributed by atoms with Gasteiger partial charge in [-0.1, -0.05) is 27.2 Å². The van der Waals surface area contributed by atoms with E-state index in [4.69, 9.17) is 5.84 Å². The number of nitrogens with zero attached hydrogens (tertiary/aromatic N) is 2. The van der Waals surface area contributed by atoms with Gasteiger partial charge in [-0.2, -0.15) is 0 Å². The molecule has 0 saturated heterocycles. The molecule has 1 aliphatic heterocycles. The summed E-state index contributed by atoms with van der Waals surface area (Å²) >= 11 is 3.41. The first-order valence-electron chi connectivity index (χ1n) is 4.13. The van der Waals surface area contributed by atoms with E-state index in [0.29, 0.717) is 0 Å². The van der Waals surface area contributed by atoms with Gasteiger partial charge in [0, 0.05) is 10.7 Å². The van der Waals surface area contributed by atoms with Gasteiger partial charge in [0.1, 0.15) is 0 Å². The molecule has 4 nitrogen and oxygen atoms in total. The molecule has 1 aromatic carbocycles. The molecular formula is C9H9BrN4. The van der Waals surface area contributed by atoms with Crippen LogP contribution in [0.1, 0.15) is 0 Å². The van der Waals surface area contributed by atoms with E-state index < -0.39 is 0 Å². The van der Waals surface area contributed by atoms with Gasteiger partial charge in [-0.25, -0.2) is 0 Å². The summed E-state index contributed by atoms with van der Waals surface area (Å²) in [4.78, 5) is 0. The van der Waals surface area contributed by atoms with Gasteiger partial charge in [-0.05, 0) is 28.6 Å². The van der Waals surface area contributed by atoms with E-state index in [1.54, 1.807) is 0 Å². The van der Waals surface area contributed by atoms with Gasteiger partial charge in [0.15, 0.2) is 6.17 Å². The van der Waals surface area contributed by atoms with E-state index >= 15 is 0 Å². The number of hydrogen-bond donors (Lipinski definition) is 2. The molecule has 5 heteroatoms. The van der Waals surface area contributed by atoms with Crippen molar-refractivity contribution >= 4 is 28.2 Å². The van der Waals surface area contributed by atoms with Crippen molar-refractivity contribution in [2.45, 2.75) is 6.17 Å². The van der Waals surface area contributed by atoms with Gasteiger partial charge in [0.25, 0.3) is 0 Å². The van der Waals surface area contributed by atoms with Crippen LogP contribution in [0.3, 0.4) is 0 Å². The molecule has 1 unspecified atom stereocenters. The molecule has 2 rings (SSSR count). The van der Waals surface area contributed by atoms with Crippen molar-refractivity contribution in [1.29, 1.82) is 0 Å². The molecule has 72 valence electrons. The van der Waals surface area contributed by atoms with E-state index in [1.165, 1.54) is 0 Å². The maximum absolute atomic E-state index is 4.98. The van der Waals surface area contributed by atoms with Crippen LogP contribution >= 0.6 is 15.9 Å². The summed E-state index contributed by atoms with van der Waals surface area (Å²) in [5, 5.41) is 12.4. The molecule has 1 aromatic rings. The minimum Gasteiger partial charge on any atom is -0.365 e. The predicted octanol–water partition coefficient (Wildman–Crippen LogP) is 0.223. The number of hydrogen-bond acceptors (Lipinski definition) is 3. The first-order valence-corrected chi connectivity index (χ1v) is 4.92.